The van der Waals surface area contributed by atoms with Gasteiger partial charge in [0.2, 0.25) is 17.6 Å². The molecule has 0 saturated carbocycles. The molecule has 1 N–H and O–H groups in total. The van der Waals surface area contributed by atoms with E-state index < -0.39 is 0 Å². The number of methoxy groups -OCH3 is 2. The summed E-state index contributed by atoms with van der Waals surface area (Å²) >= 11 is 0. The summed E-state index contributed by atoms with van der Waals surface area (Å²) in [6.45, 7) is 1.96. The number of nitrogens with zero attached hydrogens (tertiary/aromatic N) is 4. The third-order valence-electron chi connectivity index (χ3n) is 5.85. The number of hydrogen-bond acceptors (Lipinski definition) is 8. The van der Waals surface area contributed by atoms with Gasteiger partial charge in [-0.05, 0) is 55.3 Å². The first-order valence-electron chi connectivity index (χ1n) is 11.1. The van der Waals surface area contributed by atoms with E-state index in [-0.39, 0.29) is 11.8 Å². The third kappa shape index (κ3) is 5.53. The molecule has 1 amide bonds. The zero-order valence-corrected chi connectivity index (χ0v) is 19.3. The molecule has 0 bridgehead atoms. The molecule has 3 aromatic rings. The van der Waals surface area contributed by atoms with Gasteiger partial charge in [0.15, 0.2) is 11.5 Å². The topological polar surface area (TPSA) is 114 Å². The molecule has 1 saturated heterocycles. The van der Waals surface area contributed by atoms with Crippen molar-refractivity contribution in [3.05, 3.63) is 53.9 Å². The van der Waals surface area contributed by atoms with Crippen LogP contribution in [0, 0.1) is 17.2 Å². The van der Waals surface area contributed by atoms with Crippen molar-refractivity contribution in [2.75, 3.05) is 32.6 Å². The Balaban J connectivity index is 1.36. The second-order valence-corrected chi connectivity index (χ2v) is 8.18. The average molecular weight is 462 g/mol. The number of anilines is 1. The molecule has 34 heavy (non-hydrogen) atoms. The van der Waals surface area contributed by atoms with Crippen molar-refractivity contribution in [3.63, 3.8) is 0 Å². The molecule has 1 atom stereocenters. The van der Waals surface area contributed by atoms with E-state index in [0.29, 0.717) is 42.7 Å². The van der Waals surface area contributed by atoms with Gasteiger partial charge in [0.1, 0.15) is 0 Å². The van der Waals surface area contributed by atoms with Gasteiger partial charge in [-0.1, -0.05) is 17.3 Å². The summed E-state index contributed by atoms with van der Waals surface area (Å²) < 4.78 is 16.1. The molecule has 2 heterocycles. The number of hydrogen-bond donors (Lipinski definition) is 1. The van der Waals surface area contributed by atoms with E-state index in [0.717, 1.165) is 36.2 Å². The zero-order chi connectivity index (χ0) is 23.9. The number of piperidine rings is 1. The Kier molecular flexibility index (Phi) is 7.40. The SMILES string of the molecule is COc1ccc(-c2noc(CN3CCCC(C(=O)Nc4ccc(CC#N)cc4)C3)n2)cc1OC. The predicted molar refractivity (Wildman–Crippen MR) is 125 cm³/mol. The minimum atomic E-state index is -0.124. The van der Waals surface area contributed by atoms with Crippen LogP contribution in [0.2, 0.25) is 0 Å². The van der Waals surface area contributed by atoms with Gasteiger partial charge in [0, 0.05) is 17.8 Å². The molecule has 1 unspecified atom stereocenters. The number of carbonyl (C=O) groups is 1. The van der Waals surface area contributed by atoms with Crippen molar-refractivity contribution in [2.45, 2.75) is 25.8 Å². The quantitative estimate of drug-likeness (QED) is 0.541. The van der Waals surface area contributed by atoms with Crippen LogP contribution >= 0.6 is 0 Å². The molecule has 1 fully saturated rings. The molecule has 9 nitrogen and oxygen atoms in total. The van der Waals surface area contributed by atoms with Crippen LogP contribution < -0.4 is 14.8 Å². The number of amides is 1. The monoisotopic (exact) mass is 461 g/mol. The normalized spacial score (nSPS) is 16.0. The number of carbonyl (C=O) groups excluding carboxylic acids is 1. The number of nitrogens with one attached hydrogen (secondary N) is 1. The van der Waals surface area contributed by atoms with Gasteiger partial charge >= 0.3 is 0 Å². The average Bonchev–Trinajstić information content (AvgIpc) is 3.33. The summed E-state index contributed by atoms with van der Waals surface area (Å²) in [6.07, 6.45) is 2.10. The van der Waals surface area contributed by atoms with Crippen molar-refractivity contribution in [1.82, 2.24) is 15.0 Å². The van der Waals surface area contributed by atoms with E-state index in [4.69, 9.17) is 19.3 Å². The second-order valence-electron chi connectivity index (χ2n) is 8.18. The van der Waals surface area contributed by atoms with Crippen LogP contribution in [0.5, 0.6) is 11.5 Å². The Hall–Kier alpha value is -3.90. The molecule has 4 rings (SSSR count). The summed E-state index contributed by atoms with van der Waals surface area (Å²) in [6, 6.07) is 15.0. The lowest BCUT2D eigenvalue weighted by Crippen LogP contribution is -2.40. The van der Waals surface area contributed by atoms with E-state index in [1.165, 1.54) is 0 Å². The van der Waals surface area contributed by atoms with Crippen LogP contribution in [0.25, 0.3) is 11.4 Å². The smallest absolute Gasteiger partial charge is 0.241 e. The van der Waals surface area contributed by atoms with Gasteiger partial charge in [-0.3, -0.25) is 9.69 Å². The van der Waals surface area contributed by atoms with Crippen molar-refractivity contribution >= 4 is 11.6 Å². The fraction of sp³-hybridized carbons (Fsp3) is 0.360. The molecule has 176 valence electrons. The first-order valence-corrected chi connectivity index (χ1v) is 11.1. The maximum Gasteiger partial charge on any atom is 0.241 e. The standard InChI is InChI=1S/C25H27N5O4/c1-32-21-10-7-18(14-22(21)33-2)24-28-23(34-29-24)16-30-13-3-4-19(15-30)25(31)27-20-8-5-17(6-9-20)11-12-26/h5-10,14,19H,3-4,11,13,15-16H2,1-2H3,(H,27,31). The fourth-order valence-corrected chi connectivity index (χ4v) is 4.06. The maximum absolute atomic E-state index is 12.8. The molecule has 9 heteroatoms. The molecule has 1 aromatic heterocycles. The van der Waals surface area contributed by atoms with Crippen LogP contribution in [-0.4, -0.2) is 48.3 Å². The number of ether oxygens (including phenoxy) is 2. The van der Waals surface area contributed by atoms with Gasteiger partial charge in [0.05, 0.1) is 39.2 Å². The Bertz CT molecular complexity index is 1170. The lowest BCUT2D eigenvalue weighted by molar-refractivity contribution is -0.121. The first kappa shape index (κ1) is 23.3. The third-order valence-corrected chi connectivity index (χ3v) is 5.85. The van der Waals surface area contributed by atoms with E-state index in [9.17, 15) is 4.79 Å². The Morgan fingerprint density at radius 3 is 2.74 bits per heavy atom. The Morgan fingerprint density at radius 2 is 2.00 bits per heavy atom. The molecule has 2 aromatic carbocycles. The highest BCUT2D eigenvalue weighted by molar-refractivity contribution is 5.92. The van der Waals surface area contributed by atoms with Crippen molar-refractivity contribution < 1.29 is 18.8 Å². The zero-order valence-electron chi connectivity index (χ0n) is 19.3. The number of nitriles is 1. The maximum atomic E-state index is 12.8. The van der Waals surface area contributed by atoms with Crippen LogP contribution in [0.4, 0.5) is 5.69 Å². The van der Waals surface area contributed by atoms with E-state index >= 15 is 0 Å². The summed E-state index contributed by atoms with van der Waals surface area (Å²) in [5.74, 6) is 2.07. The second kappa shape index (κ2) is 10.8. The largest absolute Gasteiger partial charge is 0.493 e. The summed E-state index contributed by atoms with van der Waals surface area (Å²) in [7, 11) is 3.17. The minimum Gasteiger partial charge on any atom is -0.493 e. The van der Waals surface area contributed by atoms with Gasteiger partial charge in [0.25, 0.3) is 0 Å². The highest BCUT2D eigenvalue weighted by Crippen LogP contribution is 2.31. The minimum absolute atomic E-state index is 0.00530. The molecular formula is C25H27N5O4. The van der Waals surface area contributed by atoms with E-state index in [2.05, 4.69) is 26.4 Å². The lowest BCUT2D eigenvalue weighted by Gasteiger charge is -2.30. The fourth-order valence-electron chi connectivity index (χ4n) is 4.06. The number of benzene rings is 2. The van der Waals surface area contributed by atoms with Crippen molar-refractivity contribution in [1.29, 1.82) is 5.26 Å². The molecule has 0 spiro atoms. The molecule has 1 aliphatic rings. The van der Waals surface area contributed by atoms with Crippen molar-refractivity contribution in [2.24, 2.45) is 5.92 Å². The van der Waals surface area contributed by atoms with Gasteiger partial charge in [-0.25, -0.2) is 0 Å². The molecule has 1 aliphatic heterocycles. The Labute approximate surface area is 198 Å². The highest BCUT2D eigenvalue weighted by atomic mass is 16.5. The number of rotatable bonds is 8. The summed E-state index contributed by atoms with van der Waals surface area (Å²) in [5.41, 5.74) is 2.43. The van der Waals surface area contributed by atoms with Gasteiger partial charge in [-0.15, -0.1) is 0 Å². The van der Waals surface area contributed by atoms with Gasteiger partial charge < -0.3 is 19.3 Å². The predicted octanol–water partition coefficient (Wildman–Crippen LogP) is 3.67. The van der Waals surface area contributed by atoms with Gasteiger partial charge in [-0.2, -0.15) is 10.2 Å². The first-order chi connectivity index (χ1) is 16.6. The van der Waals surface area contributed by atoms with Crippen LogP contribution in [0.1, 0.15) is 24.3 Å². The molecule has 0 radical (unpaired) electrons. The van der Waals surface area contributed by atoms with Crippen LogP contribution in [0.3, 0.4) is 0 Å². The summed E-state index contributed by atoms with van der Waals surface area (Å²) in [5, 5.41) is 15.9. The van der Waals surface area contributed by atoms with Crippen LogP contribution in [0.15, 0.2) is 47.0 Å². The number of likely N-dealkylation sites (tertiary alicyclic amines) is 1. The van der Waals surface area contributed by atoms with E-state index in [1.807, 2.05) is 36.4 Å². The lowest BCUT2D eigenvalue weighted by atomic mass is 9.97. The molecular weight excluding hydrogens is 434 g/mol. The summed E-state index contributed by atoms with van der Waals surface area (Å²) in [4.78, 5) is 19.5. The highest BCUT2D eigenvalue weighted by Gasteiger charge is 2.27. The van der Waals surface area contributed by atoms with Crippen molar-refractivity contribution in [3.8, 4) is 29.0 Å². The van der Waals surface area contributed by atoms with Crippen LogP contribution in [-0.2, 0) is 17.8 Å². The Morgan fingerprint density at radius 1 is 1.21 bits per heavy atom. The van der Waals surface area contributed by atoms with E-state index in [1.54, 1.807) is 20.3 Å². The number of aromatic nitrogens is 2. The molecule has 0 aliphatic carbocycles.